The second kappa shape index (κ2) is 8.10. The van der Waals surface area contributed by atoms with Crippen LogP contribution in [0.3, 0.4) is 0 Å². The van der Waals surface area contributed by atoms with Crippen molar-refractivity contribution in [1.29, 1.82) is 0 Å². The quantitative estimate of drug-likeness (QED) is 0.646. The van der Waals surface area contributed by atoms with Crippen LogP contribution in [0.5, 0.6) is 0 Å². The highest BCUT2D eigenvalue weighted by Crippen LogP contribution is 2.11. The van der Waals surface area contributed by atoms with E-state index < -0.39 is 0 Å². The molecule has 1 aromatic heterocycles. The summed E-state index contributed by atoms with van der Waals surface area (Å²) < 4.78 is 0.456. The van der Waals surface area contributed by atoms with Crippen molar-refractivity contribution < 1.29 is 0 Å². The van der Waals surface area contributed by atoms with Crippen molar-refractivity contribution >= 4 is 24.3 Å². The number of nitrogens with one attached hydrogen (secondary N) is 1. The molecule has 5 heteroatoms. The van der Waals surface area contributed by atoms with Gasteiger partial charge in [-0.1, -0.05) is 46.8 Å². The number of H-pyrrole nitrogens is 1. The predicted molar refractivity (Wildman–Crippen MR) is 71.1 cm³/mol. The number of rotatable bonds is 3. The normalized spacial score (nSPS) is 10.4. The van der Waals surface area contributed by atoms with Crippen LogP contribution < -0.4 is 0 Å². The minimum Gasteiger partial charge on any atom is -0.262 e. The lowest BCUT2D eigenvalue weighted by molar-refractivity contribution is 0.733. The lowest BCUT2D eigenvalue weighted by atomic mass is 10.2. The fraction of sp³-hybridized carbons (Fsp3) is 0.636. The first-order valence-electron chi connectivity index (χ1n) is 5.64. The van der Waals surface area contributed by atoms with Gasteiger partial charge in [-0.25, -0.2) is 9.98 Å². The maximum absolute atomic E-state index is 5.06. The summed E-state index contributed by atoms with van der Waals surface area (Å²) in [5, 5.41) is 6.89. The molecule has 16 heavy (non-hydrogen) atoms. The van der Waals surface area contributed by atoms with Crippen molar-refractivity contribution in [3.8, 4) is 0 Å². The summed E-state index contributed by atoms with van der Waals surface area (Å²) in [5.74, 6) is 1.59. The highest BCUT2D eigenvalue weighted by Gasteiger charge is 2.03. The standard InChI is InChI=1S/C9H14N4S.C2H6/c1-4-5-10-8-9(14)11-7(6(2)3)12-13-8;1-2/h5-6H,4H2,1-3H3,(H,11,12,14);1-2H3. The van der Waals surface area contributed by atoms with Crippen LogP contribution in [0.1, 0.15) is 52.8 Å². The summed E-state index contributed by atoms with van der Waals surface area (Å²) in [6, 6.07) is 0. The Kier molecular flexibility index (Phi) is 7.54. The lowest BCUT2D eigenvalue weighted by Gasteiger charge is -2.02. The summed E-state index contributed by atoms with van der Waals surface area (Å²) in [6.45, 7) is 10.1. The van der Waals surface area contributed by atoms with E-state index in [0.717, 1.165) is 12.2 Å². The molecule has 1 aromatic rings. The zero-order valence-corrected chi connectivity index (χ0v) is 11.4. The van der Waals surface area contributed by atoms with Gasteiger partial charge in [0.25, 0.3) is 0 Å². The van der Waals surface area contributed by atoms with E-state index in [-0.39, 0.29) is 0 Å². The molecule has 0 bridgehead atoms. The highest BCUT2D eigenvalue weighted by molar-refractivity contribution is 7.71. The first-order valence-corrected chi connectivity index (χ1v) is 6.05. The van der Waals surface area contributed by atoms with E-state index in [9.17, 15) is 0 Å². The molecule has 0 aliphatic rings. The van der Waals surface area contributed by atoms with E-state index >= 15 is 0 Å². The number of hydrogen-bond donors (Lipinski definition) is 1. The minimum absolute atomic E-state index is 0.299. The molecular formula is C11H20N4S. The number of nitrogens with zero attached hydrogens (tertiary/aromatic N) is 3. The highest BCUT2D eigenvalue weighted by atomic mass is 32.1. The second-order valence-corrected chi connectivity index (χ2v) is 3.61. The van der Waals surface area contributed by atoms with Gasteiger partial charge < -0.3 is 0 Å². The first-order chi connectivity index (χ1) is 7.65. The van der Waals surface area contributed by atoms with Gasteiger partial charge in [-0.3, -0.25) is 5.10 Å². The Morgan fingerprint density at radius 2 is 2.06 bits per heavy atom. The Labute approximate surface area is 102 Å². The van der Waals surface area contributed by atoms with E-state index in [2.05, 4.69) is 20.2 Å². The van der Waals surface area contributed by atoms with E-state index in [1.807, 2.05) is 34.6 Å². The van der Waals surface area contributed by atoms with E-state index in [1.165, 1.54) is 0 Å². The maximum atomic E-state index is 5.06. The van der Waals surface area contributed by atoms with Crippen LogP contribution in [-0.4, -0.2) is 21.4 Å². The maximum Gasteiger partial charge on any atom is 0.208 e. The summed E-state index contributed by atoms with van der Waals surface area (Å²) in [7, 11) is 0. The molecule has 0 atom stereocenters. The lowest BCUT2D eigenvalue weighted by Crippen LogP contribution is -1.99. The van der Waals surface area contributed by atoms with Gasteiger partial charge in [-0.15, -0.1) is 0 Å². The molecule has 0 amide bonds. The van der Waals surface area contributed by atoms with Gasteiger partial charge in [0.1, 0.15) is 5.82 Å². The zero-order valence-electron chi connectivity index (χ0n) is 10.6. The number of aliphatic imine (C=N–C) groups is 1. The van der Waals surface area contributed by atoms with Gasteiger partial charge in [0.05, 0.1) is 0 Å². The van der Waals surface area contributed by atoms with Crippen LogP contribution in [0.2, 0.25) is 0 Å². The second-order valence-electron chi connectivity index (χ2n) is 3.22. The van der Waals surface area contributed by atoms with Gasteiger partial charge in [-0.05, 0) is 6.42 Å². The zero-order chi connectivity index (χ0) is 12.6. The van der Waals surface area contributed by atoms with Crippen molar-refractivity contribution in [2.45, 2.75) is 47.0 Å². The van der Waals surface area contributed by atoms with Crippen molar-refractivity contribution in [3.63, 3.8) is 0 Å². The average Bonchev–Trinajstić information content (AvgIpc) is 2.30. The number of aromatic nitrogens is 3. The van der Waals surface area contributed by atoms with Gasteiger partial charge in [0, 0.05) is 12.1 Å². The fourth-order valence-electron chi connectivity index (χ4n) is 0.862. The third kappa shape index (κ3) is 4.61. The van der Waals surface area contributed by atoms with Crippen LogP contribution in [0.25, 0.3) is 0 Å². The molecule has 0 spiro atoms. The molecule has 1 rings (SSSR count). The molecule has 0 fully saturated rings. The molecule has 1 N–H and O–H groups in total. The van der Waals surface area contributed by atoms with Crippen LogP contribution in [0, 0.1) is 4.64 Å². The van der Waals surface area contributed by atoms with E-state index in [0.29, 0.717) is 16.4 Å². The van der Waals surface area contributed by atoms with Crippen molar-refractivity contribution in [1.82, 2.24) is 15.2 Å². The molecule has 0 aliphatic carbocycles. The van der Waals surface area contributed by atoms with Gasteiger partial charge in [-0.2, -0.15) is 5.10 Å². The average molecular weight is 240 g/mol. The Morgan fingerprint density at radius 3 is 2.50 bits per heavy atom. The third-order valence-electron chi connectivity index (χ3n) is 1.63. The third-order valence-corrected chi connectivity index (χ3v) is 1.91. The Bertz CT molecular complexity index is 382. The molecule has 0 radical (unpaired) electrons. The Hall–Kier alpha value is -1.10. The molecule has 0 saturated heterocycles. The molecule has 1 heterocycles. The van der Waals surface area contributed by atoms with Crippen LogP contribution >= 0.6 is 12.2 Å². The van der Waals surface area contributed by atoms with Crippen molar-refractivity contribution in [2.24, 2.45) is 4.99 Å². The topological polar surface area (TPSA) is 53.9 Å². The molecule has 0 aromatic carbocycles. The summed E-state index contributed by atoms with van der Waals surface area (Å²) >= 11 is 5.06. The minimum atomic E-state index is 0.299. The summed E-state index contributed by atoms with van der Waals surface area (Å²) in [5.41, 5.74) is 0. The SMILES string of the molecule is CC.CCC=Nc1n[nH]c(C(C)C)nc1=S. The van der Waals surface area contributed by atoms with E-state index in [1.54, 1.807) is 6.21 Å². The molecule has 0 unspecified atom stereocenters. The molecule has 0 aliphatic heterocycles. The molecule has 0 saturated carbocycles. The van der Waals surface area contributed by atoms with Crippen LogP contribution in [0.15, 0.2) is 4.99 Å². The predicted octanol–water partition coefficient (Wildman–Crippen LogP) is 3.80. The van der Waals surface area contributed by atoms with Gasteiger partial charge >= 0.3 is 0 Å². The van der Waals surface area contributed by atoms with Crippen molar-refractivity contribution in [2.75, 3.05) is 0 Å². The Balaban J connectivity index is 0.00000106. The molecule has 90 valence electrons. The number of aromatic amines is 1. The van der Waals surface area contributed by atoms with Crippen molar-refractivity contribution in [3.05, 3.63) is 10.5 Å². The van der Waals surface area contributed by atoms with Gasteiger partial charge in [0.2, 0.25) is 5.82 Å². The van der Waals surface area contributed by atoms with Crippen LogP contribution in [0.4, 0.5) is 5.82 Å². The van der Waals surface area contributed by atoms with Gasteiger partial charge in [0.15, 0.2) is 4.64 Å². The summed E-state index contributed by atoms with van der Waals surface area (Å²) in [4.78, 5) is 8.30. The summed E-state index contributed by atoms with van der Waals surface area (Å²) in [6.07, 6.45) is 2.63. The Morgan fingerprint density at radius 1 is 1.44 bits per heavy atom. The first kappa shape index (κ1) is 14.9. The smallest absolute Gasteiger partial charge is 0.208 e. The molecule has 4 nitrogen and oxygen atoms in total. The molecular weight excluding hydrogens is 220 g/mol. The largest absolute Gasteiger partial charge is 0.262 e. The van der Waals surface area contributed by atoms with Crippen LogP contribution in [-0.2, 0) is 0 Å². The monoisotopic (exact) mass is 240 g/mol. The fourth-order valence-corrected chi connectivity index (χ4v) is 1.06. The number of hydrogen-bond acceptors (Lipinski definition) is 4. The van der Waals surface area contributed by atoms with E-state index in [4.69, 9.17) is 12.2 Å².